The summed E-state index contributed by atoms with van der Waals surface area (Å²) < 4.78 is 5.94. The van der Waals surface area contributed by atoms with E-state index in [0.29, 0.717) is 13.0 Å². The van der Waals surface area contributed by atoms with Gasteiger partial charge in [0.2, 0.25) is 0 Å². The minimum absolute atomic E-state index is 0.0581. The maximum absolute atomic E-state index is 11.3. The Morgan fingerprint density at radius 1 is 1.47 bits per heavy atom. The molecule has 0 spiro atoms. The first kappa shape index (κ1) is 14.0. The van der Waals surface area contributed by atoms with E-state index in [1.807, 2.05) is 39.0 Å². The zero-order chi connectivity index (χ0) is 12.8. The van der Waals surface area contributed by atoms with E-state index in [9.17, 15) is 4.79 Å². The SMILES string of the molecule is CCOC(=O)CC(C)Nc1cc(C)cc(Br)c1. The number of ether oxygens (including phenoxy) is 1. The molecule has 0 bridgehead atoms. The van der Waals surface area contributed by atoms with E-state index in [4.69, 9.17) is 4.74 Å². The molecule has 3 nitrogen and oxygen atoms in total. The van der Waals surface area contributed by atoms with E-state index in [1.165, 1.54) is 5.56 Å². The zero-order valence-electron chi connectivity index (χ0n) is 10.4. The second kappa shape index (κ2) is 6.64. The van der Waals surface area contributed by atoms with E-state index in [1.54, 1.807) is 0 Å². The van der Waals surface area contributed by atoms with Crippen LogP contribution in [0.1, 0.15) is 25.8 Å². The van der Waals surface area contributed by atoms with Crippen molar-refractivity contribution in [2.45, 2.75) is 33.2 Å². The third-order valence-corrected chi connectivity index (χ3v) is 2.69. The summed E-state index contributed by atoms with van der Waals surface area (Å²) in [7, 11) is 0. The van der Waals surface area contributed by atoms with Crippen molar-refractivity contribution in [3.05, 3.63) is 28.2 Å². The monoisotopic (exact) mass is 299 g/mol. The average Bonchev–Trinajstić information content (AvgIpc) is 2.14. The molecule has 1 aromatic carbocycles. The Balaban J connectivity index is 2.55. The molecule has 0 amide bonds. The normalized spacial score (nSPS) is 12.0. The number of carbonyl (C=O) groups excluding carboxylic acids is 1. The summed E-state index contributed by atoms with van der Waals surface area (Å²) in [4.78, 5) is 11.3. The molecule has 1 atom stereocenters. The van der Waals surface area contributed by atoms with Crippen LogP contribution in [0.3, 0.4) is 0 Å². The summed E-state index contributed by atoms with van der Waals surface area (Å²) in [6.45, 7) is 6.24. The summed E-state index contributed by atoms with van der Waals surface area (Å²) in [5, 5.41) is 3.28. The highest BCUT2D eigenvalue weighted by Crippen LogP contribution is 2.20. The van der Waals surface area contributed by atoms with Gasteiger partial charge < -0.3 is 10.1 Å². The zero-order valence-corrected chi connectivity index (χ0v) is 12.0. The van der Waals surface area contributed by atoms with Crippen LogP contribution in [0.2, 0.25) is 0 Å². The molecule has 1 aromatic rings. The van der Waals surface area contributed by atoms with Gasteiger partial charge in [-0.05, 0) is 44.5 Å². The molecule has 1 rings (SSSR count). The van der Waals surface area contributed by atoms with Crippen LogP contribution >= 0.6 is 15.9 Å². The van der Waals surface area contributed by atoms with Crippen LogP contribution in [0.15, 0.2) is 22.7 Å². The average molecular weight is 300 g/mol. The summed E-state index contributed by atoms with van der Waals surface area (Å²) in [6, 6.07) is 6.14. The van der Waals surface area contributed by atoms with Crippen molar-refractivity contribution in [2.24, 2.45) is 0 Å². The highest BCUT2D eigenvalue weighted by molar-refractivity contribution is 9.10. The number of rotatable bonds is 5. The van der Waals surface area contributed by atoms with Crippen molar-refractivity contribution in [3.63, 3.8) is 0 Å². The molecule has 94 valence electrons. The molecule has 0 aliphatic carbocycles. The minimum Gasteiger partial charge on any atom is -0.466 e. The van der Waals surface area contributed by atoms with Crippen LogP contribution in [-0.4, -0.2) is 18.6 Å². The Morgan fingerprint density at radius 3 is 2.76 bits per heavy atom. The number of esters is 1. The second-order valence-corrected chi connectivity index (χ2v) is 4.99. The summed E-state index contributed by atoms with van der Waals surface area (Å²) in [5.74, 6) is -0.167. The topological polar surface area (TPSA) is 38.3 Å². The number of anilines is 1. The predicted molar refractivity (Wildman–Crippen MR) is 73.2 cm³/mol. The van der Waals surface area contributed by atoms with E-state index in [-0.39, 0.29) is 12.0 Å². The third kappa shape index (κ3) is 5.22. The number of halogens is 1. The Hall–Kier alpha value is -1.03. The van der Waals surface area contributed by atoms with E-state index >= 15 is 0 Å². The van der Waals surface area contributed by atoms with E-state index in [2.05, 4.69) is 21.2 Å². The molecule has 0 heterocycles. The molecule has 0 saturated heterocycles. The number of benzene rings is 1. The first-order valence-corrected chi connectivity index (χ1v) is 6.50. The van der Waals surface area contributed by atoms with Gasteiger partial charge in [0, 0.05) is 16.2 Å². The van der Waals surface area contributed by atoms with Crippen molar-refractivity contribution in [3.8, 4) is 0 Å². The number of aryl methyl sites for hydroxylation is 1. The summed E-state index contributed by atoms with van der Waals surface area (Å²) in [6.07, 6.45) is 0.374. The van der Waals surface area contributed by atoms with Gasteiger partial charge in [0.15, 0.2) is 0 Å². The lowest BCUT2D eigenvalue weighted by molar-refractivity contribution is -0.143. The molecule has 0 aliphatic heterocycles. The van der Waals surface area contributed by atoms with Crippen molar-refractivity contribution in [1.29, 1.82) is 0 Å². The van der Waals surface area contributed by atoms with Crippen LogP contribution < -0.4 is 5.32 Å². The predicted octanol–water partition coefficient (Wildman–Crippen LogP) is 3.51. The van der Waals surface area contributed by atoms with Crippen molar-refractivity contribution in [2.75, 3.05) is 11.9 Å². The Bertz CT molecular complexity index is 373. The second-order valence-electron chi connectivity index (χ2n) is 4.07. The number of hydrogen-bond donors (Lipinski definition) is 1. The van der Waals surface area contributed by atoms with Gasteiger partial charge >= 0.3 is 5.97 Å². The first-order valence-electron chi connectivity index (χ1n) is 5.70. The molecule has 0 aliphatic rings. The van der Waals surface area contributed by atoms with Crippen LogP contribution in [-0.2, 0) is 9.53 Å². The number of hydrogen-bond acceptors (Lipinski definition) is 3. The third-order valence-electron chi connectivity index (χ3n) is 2.23. The lowest BCUT2D eigenvalue weighted by atomic mass is 10.2. The summed E-state index contributed by atoms with van der Waals surface area (Å²) in [5.41, 5.74) is 2.18. The molecular weight excluding hydrogens is 282 g/mol. The molecule has 0 fully saturated rings. The molecule has 1 N–H and O–H groups in total. The lowest BCUT2D eigenvalue weighted by Gasteiger charge is -2.15. The van der Waals surface area contributed by atoms with Crippen LogP contribution in [0.4, 0.5) is 5.69 Å². The Morgan fingerprint density at radius 2 is 2.18 bits per heavy atom. The maximum Gasteiger partial charge on any atom is 0.307 e. The Kier molecular flexibility index (Phi) is 5.48. The lowest BCUT2D eigenvalue weighted by Crippen LogP contribution is -2.21. The molecule has 0 radical (unpaired) electrons. The van der Waals surface area contributed by atoms with E-state index < -0.39 is 0 Å². The molecular formula is C13H18BrNO2. The van der Waals surface area contributed by atoms with Gasteiger partial charge in [0.25, 0.3) is 0 Å². The van der Waals surface area contributed by atoms with Crippen LogP contribution in [0.5, 0.6) is 0 Å². The van der Waals surface area contributed by atoms with Gasteiger partial charge in [-0.2, -0.15) is 0 Å². The van der Waals surface area contributed by atoms with E-state index in [0.717, 1.165) is 10.2 Å². The van der Waals surface area contributed by atoms with Crippen molar-refractivity contribution >= 4 is 27.6 Å². The highest BCUT2D eigenvalue weighted by atomic mass is 79.9. The van der Waals surface area contributed by atoms with Gasteiger partial charge in [0.1, 0.15) is 0 Å². The molecule has 17 heavy (non-hydrogen) atoms. The summed E-state index contributed by atoms with van der Waals surface area (Å²) >= 11 is 3.45. The van der Waals surface area contributed by atoms with Crippen molar-refractivity contribution in [1.82, 2.24) is 0 Å². The standard InChI is InChI=1S/C13H18BrNO2/c1-4-17-13(16)7-10(3)15-12-6-9(2)5-11(14)8-12/h5-6,8,10,15H,4,7H2,1-3H3. The fourth-order valence-electron chi connectivity index (χ4n) is 1.63. The van der Waals surface area contributed by atoms with Gasteiger partial charge in [-0.1, -0.05) is 15.9 Å². The number of nitrogens with one attached hydrogen (secondary N) is 1. The maximum atomic E-state index is 11.3. The molecule has 0 saturated carbocycles. The first-order chi connectivity index (χ1) is 8.01. The quantitative estimate of drug-likeness (QED) is 0.846. The Labute approximate surface area is 111 Å². The van der Waals surface area contributed by atoms with Gasteiger partial charge in [-0.3, -0.25) is 4.79 Å². The van der Waals surface area contributed by atoms with Gasteiger partial charge in [-0.15, -0.1) is 0 Å². The fraction of sp³-hybridized carbons (Fsp3) is 0.462. The van der Waals surface area contributed by atoms with Crippen LogP contribution in [0, 0.1) is 6.92 Å². The highest BCUT2D eigenvalue weighted by Gasteiger charge is 2.09. The molecule has 1 unspecified atom stereocenters. The minimum atomic E-state index is -0.167. The van der Waals surface area contributed by atoms with Gasteiger partial charge in [-0.25, -0.2) is 0 Å². The van der Waals surface area contributed by atoms with Crippen molar-refractivity contribution < 1.29 is 9.53 Å². The molecule has 4 heteroatoms. The largest absolute Gasteiger partial charge is 0.466 e. The van der Waals surface area contributed by atoms with Gasteiger partial charge in [0.05, 0.1) is 13.0 Å². The molecule has 0 aromatic heterocycles. The fourth-order valence-corrected chi connectivity index (χ4v) is 2.23. The van der Waals surface area contributed by atoms with Crippen LogP contribution in [0.25, 0.3) is 0 Å². The number of carbonyl (C=O) groups is 1. The smallest absolute Gasteiger partial charge is 0.307 e.